The summed E-state index contributed by atoms with van der Waals surface area (Å²) < 4.78 is 16.1. The van der Waals surface area contributed by atoms with Crippen molar-refractivity contribution in [3.63, 3.8) is 0 Å². The number of benzene rings is 5. The minimum Gasteiger partial charge on any atom is -0.207 e. The van der Waals surface area contributed by atoms with Gasteiger partial charge in [-0.15, -0.1) is 0 Å². The largest absolute Gasteiger partial charge is 0.207 e. The molecule has 0 spiro atoms. The van der Waals surface area contributed by atoms with Crippen LogP contribution in [0.3, 0.4) is 0 Å². The Kier molecular flexibility index (Phi) is 7.07. The SMILES string of the molecule is Cc1ccc(-c2ccc(-c3ccc(-c4ccc(-c5ccc(F)c(C)c5)cc4I)cc3I)cc2)cc1. The minimum absolute atomic E-state index is 0.167. The molecule has 0 bridgehead atoms. The molecule has 0 aliphatic rings. The molecular formula is C32H23FI2. The van der Waals surface area contributed by atoms with Gasteiger partial charge in [-0.2, -0.15) is 0 Å². The summed E-state index contributed by atoms with van der Waals surface area (Å²) in [5.41, 5.74) is 11.4. The molecule has 0 atom stereocenters. The van der Waals surface area contributed by atoms with Gasteiger partial charge in [0.25, 0.3) is 0 Å². The topological polar surface area (TPSA) is 0 Å². The van der Waals surface area contributed by atoms with E-state index in [1.807, 2.05) is 12.1 Å². The van der Waals surface area contributed by atoms with Gasteiger partial charge in [0.15, 0.2) is 0 Å². The smallest absolute Gasteiger partial charge is 0.126 e. The third kappa shape index (κ3) is 5.21. The van der Waals surface area contributed by atoms with Gasteiger partial charge in [-0.25, -0.2) is 4.39 Å². The van der Waals surface area contributed by atoms with Crippen LogP contribution in [0.4, 0.5) is 4.39 Å². The van der Waals surface area contributed by atoms with Crippen LogP contribution in [0.5, 0.6) is 0 Å². The van der Waals surface area contributed by atoms with Crippen molar-refractivity contribution in [1.29, 1.82) is 0 Å². The Balaban J connectivity index is 1.42. The van der Waals surface area contributed by atoms with Crippen LogP contribution in [0.1, 0.15) is 11.1 Å². The molecule has 5 aromatic rings. The molecule has 0 aliphatic heterocycles. The van der Waals surface area contributed by atoms with E-state index in [-0.39, 0.29) is 5.82 Å². The molecule has 3 heteroatoms. The fraction of sp³-hybridized carbons (Fsp3) is 0.0625. The number of aryl methyl sites for hydroxylation is 2. The van der Waals surface area contributed by atoms with Crippen molar-refractivity contribution in [2.24, 2.45) is 0 Å². The molecule has 0 aliphatic carbocycles. The lowest BCUT2D eigenvalue weighted by Gasteiger charge is -2.12. The molecule has 0 saturated heterocycles. The Morgan fingerprint density at radius 3 is 1.49 bits per heavy atom. The molecule has 0 fully saturated rings. The molecule has 0 N–H and O–H groups in total. The molecular weight excluding hydrogens is 657 g/mol. The van der Waals surface area contributed by atoms with Gasteiger partial charge in [0.1, 0.15) is 5.82 Å². The van der Waals surface area contributed by atoms with Crippen molar-refractivity contribution in [3.8, 4) is 44.5 Å². The summed E-state index contributed by atoms with van der Waals surface area (Å²) in [5.74, 6) is -0.167. The summed E-state index contributed by atoms with van der Waals surface area (Å²) >= 11 is 4.83. The minimum atomic E-state index is -0.167. The van der Waals surface area contributed by atoms with Gasteiger partial charge in [-0.3, -0.25) is 0 Å². The predicted molar refractivity (Wildman–Crippen MR) is 163 cm³/mol. The molecule has 0 amide bonds. The molecule has 0 radical (unpaired) electrons. The second-order valence-electron chi connectivity index (χ2n) is 8.80. The standard InChI is InChI=1S/C32H23FI2/c1-20-3-5-22(6-4-20)23-7-9-24(10-8-23)28-15-12-27(19-32(28)35)29-14-11-26(18-31(29)34)25-13-16-30(33)21(2)17-25/h3-19H,1-2H3. The maximum atomic E-state index is 13.7. The van der Waals surface area contributed by atoms with E-state index in [2.05, 4.69) is 137 Å². The van der Waals surface area contributed by atoms with Gasteiger partial charge in [-0.1, -0.05) is 84.4 Å². The highest BCUT2D eigenvalue weighted by Crippen LogP contribution is 2.35. The van der Waals surface area contributed by atoms with Crippen LogP contribution in [0.2, 0.25) is 0 Å². The summed E-state index contributed by atoms with van der Waals surface area (Å²) in [7, 11) is 0. The second-order valence-corrected chi connectivity index (χ2v) is 11.1. The van der Waals surface area contributed by atoms with E-state index in [1.165, 1.54) is 46.1 Å². The van der Waals surface area contributed by atoms with Crippen LogP contribution >= 0.6 is 45.2 Å². The monoisotopic (exact) mass is 680 g/mol. The number of hydrogen-bond donors (Lipinski definition) is 0. The van der Waals surface area contributed by atoms with E-state index in [1.54, 1.807) is 13.0 Å². The lowest BCUT2D eigenvalue weighted by atomic mass is 9.96. The third-order valence-corrected chi connectivity index (χ3v) is 8.11. The van der Waals surface area contributed by atoms with E-state index < -0.39 is 0 Å². The van der Waals surface area contributed by atoms with E-state index in [4.69, 9.17) is 0 Å². The first-order valence-electron chi connectivity index (χ1n) is 11.4. The highest BCUT2D eigenvalue weighted by molar-refractivity contribution is 14.1. The Morgan fingerprint density at radius 1 is 0.457 bits per heavy atom. The summed E-state index contributed by atoms with van der Waals surface area (Å²) in [6.07, 6.45) is 0. The number of halogens is 3. The zero-order valence-corrected chi connectivity index (χ0v) is 23.8. The van der Waals surface area contributed by atoms with Gasteiger partial charge in [0, 0.05) is 7.14 Å². The molecule has 0 unspecified atom stereocenters. The van der Waals surface area contributed by atoms with Crippen molar-refractivity contribution < 1.29 is 4.39 Å². The molecule has 5 aromatic carbocycles. The lowest BCUT2D eigenvalue weighted by molar-refractivity contribution is 0.619. The van der Waals surface area contributed by atoms with E-state index in [9.17, 15) is 4.39 Å². The van der Waals surface area contributed by atoms with Crippen molar-refractivity contribution in [2.45, 2.75) is 13.8 Å². The highest BCUT2D eigenvalue weighted by atomic mass is 127. The summed E-state index contributed by atoms with van der Waals surface area (Å²) in [6, 6.07) is 35.9. The maximum Gasteiger partial charge on any atom is 0.126 e. The molecule has 0 aromatic heterocycles. The van der Waals surface area contributed by atoms with Gasteiger partial charge >= 0.3 is 0 Å². The van der Waals surface area contributed by atoms with Crippen LogP contribution in [0.15, 0.2) is 103 Å². The zero-order valence-electron chi connectivity index (χ0n) is 19.4. The van der Waals surface area contributed by atoms with Crippen molar-refractivity contribution in [3.05, 3.63) is 127 Å². The third-order valence-electron chi connectivity index (χ3n) is 6.32. The highest BCUT2D eigenvalue weighted by Gasteiger charge is 2.10. The van der Waals surface area contributed by atoms with Crippen molar-refractivity contribution >= 4 is 45.2 Å². The Morgan fingerprint density at radius 2 is 0.886 bits per heavy atom. The van der Waals surface area contributed by atoms with E-state index in [0.29, 0.717) is 5.56 Å². The summed E-state index contributed by atoms with van der Waals surface area (Å²) in [4.78, 5) is 0. The normalized spacial score (nSPS) is 11.0. The van der Waals surface area contributed by atoms with Crippen LogP contribution in [0, 0.1) is 26.8 Å². The first kappa shape index (κ1) is 24.2. The summed E-state index contributed by atoms with van der Waals surface area (Å²) in [5, 5.41) is 0. The molecule has 0 nitrogen and oxygen atoms in total. The van der Waals surface area contributed by atoms with Crippen LogP contribution in [0.25, 0.3) is 44.5 Å². The predicted octanol–water partition coefficient (Wildman–Crippen LogP) is 10.3. The fourth-order valence-electron chi connectivity index (χ4n) is 4.26. The van der Waals surface area contributed by atoms with E-state index in [0.717, 1.165) is 11.1 Å². The van der Waals surface area contributed by atoms with E-state index >= 15 is 0 Å². The van der Waals surface area contributed by atoms with Crippen molar-refractivity contribution in [2.75, 3.05) is 0 Å². The molecule has 35 heavy (non-hydrogen) atoms. The zero-order chi connectivity index (χ0) is 24.5. The number of rotatable bonds is 4. The molecule has 0 saturated carbocycles. The van der Waals surface area contributed by atoms with Gasteiger partial charge < -0.3 is 0 Å². The molecule has 172 valence electrons. The van der Waals surface area contributed by atoms with Gasteiger partial charge in [-0.05, 0) is 133 Å². The summed E-state index contributed by atoms with van der Waals surface area (Å²) in [6.45, 7) is 3.91. The quantitative estimate of drug-likeness (QED) is 0.166. The van der Waals surface area contributed by atoms with Crippen LogP contribution in [-0.4, -0.2) is 0 Å². The molecule has 5 rings (SSSR count). The van der Waals surface area contributed by atoms with Crippen LogP contribution < -0.4 is 0 Å². The average Bonchev–Trinajstić information content (AvgIpc) is 2.86. The molecule has 0 heterocycles. The Bertz CT molecular complexity index is 1520. The first-order valence-corrected chi connectivity index (χ1v) is 13.6. The van der Waals surface area contributed by atoms with Crippen LogP contribution in [-0.2, 0) is 0 Å². The number of hydrogen-bond acceptors (Lipinski definition) is 0. The fourth-order valence-corrected chi connectivity index (χ4v) is 5.91. The Labute approximate surface area is 233 Å². The van der Waals surface area contributed by atoms with Gasteiger partial charge in [0.2, 0.25) is 0 Å². The second kappa shape index (κ2) is 10.2. The Hall–Kier alpha value is -2.51. The van der Waals surface area contributed by atoms with Gasteiger partial charge in [0.05, 0.1) is 0 Å². The maximum absolute atomic E-state index is 13.7. The lowest BCUT2D eigenvalue weighted by Crippen LogP contribution is -1.90. The first-order chi connectivity index (χ1) is 16.9. The average molecular weight is 680 g/mol. The van der Waals surface area contributed by atoms with Crippen molar-refractivity contribution in [1.82, 2.24) is 0 Å².